The second kappa shape index (κ2) is 6.43. The van der Waals surface area contributed by atoms with Gasteiger partial charge >= 0.3 is 12.0 Å². The maximum atomic E-state index is 11.8. The summed E-state index contributed by atoms with van der Waals surface area (Å²) in [7, 11) is 0. The Kier molecular flexibility index (Phi) is 4.18. The van der Waals surface area contributed by atoms with Crippen LogP contribution in [0.4, 0.5) is 10.6 Å². The van der Waals surface area contributed by atoms with Crippen molar-refractivity contribution in [2.75, 3.05) is 5.32 Å². The highest BCUT2D eigenvalue weighted by atomic mass is 16.4. The van der Waals surface area contributed by atoms with Gasteiger partial charge < -0.3 is 10.4 Å². The molecule has 3 N–H and O–H groups in total. The number of carboxylic acids is 1. The number of urea groups is 1. The molecule has 1 aromatic carbocycles. The van der Waals surface area contributed by atoms with Crippen molar-refractivity contribution >= 4 is 17.8 Å². The molecule has 0 spiro atoms. The standard InChI is InChI=1S/C16H16N4O3/c21-15(22)12-3-1-10(2-4-12)9-17-16(23)18-14-8-7-13(19-20-14)11-5-6-11/h1-4,7-8,11H,5-6,9H2,(H,21,22)(H2,17,18,20,23). The third kappa shape index (κ3) is 4.03. The van der Waals surface area contributed by atoms with Crippen LogP contribution in [0.15, 0.2) is 36.4 Å². The number of hydrogen-bond donors (Lipinski definition) is 3. The van der Waals surface area contributed by atoms with Crippen molar-refractivity contribution in [1.29, 1.82) is 0 Å². The normalized spacial score (nSPS) is 13.4. The van der Waals surface area contributed by atoms with Crippen LogP contribution >= 0.6 is 0 Å². The zero-order valence-corrected chi connectivity index (χ0v) is 12.3. The lowest BCUT2D eigenvalue weighted by atomic mass is 10.1. The first-order valence-corrected chi connectivity index (χ1v) is 7.32. The monoisotopic (exact) mass is 312 g/mol. The number of benzene rings is 1. The highest BCUT2D eigenvalue weighted by Crippen LogP contribution is 2.38. The van der Waals surface area contributed by atoms with Gasteiger partial charge in [-0.05, 0) is 42.7 Å². The number of nitrogens with one attached hydrogen (secondary N) is 2. The molecule has 0 atom stereocenters. The molecule has 1 aliphatic rings. The van der Waals surface area contributed by atoms with Crippen molar-refractivity contribution in [3.05, 3.63) is 53.2 Å². The molecule has 2 aromatic rings. The predicted molar refractivity (Wildman–Crippen MR) is 83.3 cm³/mol. The Morgan fingerprint density at radius 1 is 1.09 bits per heavy atom. The molecule has 0 bridgehead atoms. The summed E-state index contributed by atoms with van der Waals surface area (Å²) in [4.78, 5) is 22.6. The summed E-state index contributed by atoms with van der Waals surface area (Å²) in [5.41, 5.74) is 1.99. The summed E-state index contributed by atoms with van der Waals surface area (Å²) in [6.45, 7) is 0.291. The van der Waals surface area contributed by atoms with Crippen LogP contribution in [0.1, 0.15) is 40.4 Å². The van der Waals surface area contributed by atoms with Gasteiger partial charge in [0.05, 0.1) is 11.3 Å². The number of aromatic carboxylic acids is 1. The van der Waals surface area contributed by atoms with Gasteiger partial charge in [0.15, 0.2) is 5.82 Å². The van der Waals surface area contributed by atoms with Crippen molar-refractivity contribution in [3.63, 3.8) is 0 Å². The smallest absolute Gasteiger partial charge is 0.335 e. The van der Waals surface area contributed by atoms with Crippen molar-refractivity contribution in [2.24, 2.45) is 0 Å². The molecule has 7 heteroatoms. The van der Waals surface area contributed by atoms with Gasteiger partial charge in [-0.3, -0.25) is 5.32 Å². The minimum atomic E-state index is -0.976. The van der Waals surface area contributed by atoms with E-state index in [1.54, 1.807) is 18.2 Å². The Labute approximate surface area is 132 Å². The van der Waals surface area contributed by atoms with Gasteiger partial charge in [0.1, 0.15) is 0 Å². The minimum absolute atomic E-state index is 0.212. The number of rotatable bonds is 5. The number of aromatic nitrogens is 2. The molecule has 0 radical (unpaired) electrons. The van der Waals surface area contributed by atoms with Gasteiger partial charge in [0.2, 0.25) is 0 Å². The average molecular weight is 312 g/mol. The van der Waals surface area contributed by atoms with Crippen LogP contribution in [0.25, 0.3) is 0 Å². The molecule has 7 nitrogen and oxygen atoms in total. The first-order chi connectivity index (χ1) is 11.1. The lowest BCUT2D eigenvalue weighted by molar-refractivity contribution is 0.0697. The molecule has 1 aromatic heterocycles. The fourth-order valence-electron chi connectivity index (χ4n) is 2.11. The number of anilines is 1. The van der Waals surface area contributed by atoms with Crippen molar-refractivity contribution in [2.45, 2.75) is 25.3 Å². The van der Waals surface area contributed by atoms with Gasteiger partial charge in [-0.25, -0.2) is 9.59 Å². The summed E-state index contributed by atoms with van der Waals surface area (Å²) >= 11 is 0. The maximum absolute atomic E-state index is 11.8. The second-order valence-corrected chi connectivity index (χ2v) is 5.43. The van der Waals surface area contributed by atoms with Crippen LogP contribution in [0.3, 0.4) is 0 Å². The van der Waals surface area contributed by atoms with Crippen molar-refractivity contribution < 1.29 is 14.7 Å². The first-order valence-electron chi connectivity index (χ1n) is 7.32. The minimum Gasteiger partial charge on any atom is -0.478 e. The Morgan fingerprint density at radius 2 is 1.83 bits per heavy atom. The average Bonchev–Trinajstić information content (AvgIpc) is 3.39. The highest BCUT2D eigenvalue weighted by Gasteiger charge is 2.25. The molecule has 1 heterocycles. The molecule has 1 aliphatic carbocycles. The summed E-state index contributed by atoms with van der Waals surface area (Å²) < 4.78 is 0. The Hall–Kier alpha value is -2.96. The largest absolute Gasteiger partial charge is 0.478 e. The van der Waals surface area contributed by atoms with E-state index in [1.165, 1.54) is 12.1 Å². The lowest BCUT2D eigenvalue weighted by Gasteiger charge is -2.07. The SMILES string of the molecule is O=C(NCc1ccc(C(=O)O)cc1)Nc1ccc(C2CC2)nn1. The summed E-state index contributed by atoms with van der Waals surface area (Å²) in [5, 5.41) is 22.2. The Morgan fingerprint density at radius 3 is 2.39 bits per heavy atom. The third-order valence-electron chi connectivity index (χ3n) is 3.58. The molecule has 1 fully saturated rings. The Balaban J connectivity index is 1.49. The topological polar surface area (TPSA) is 104 Å². The fraction of sp³-hybridized carbons (Fsp3) is 0.250. The van der Waals surface area contributed by atoms with Crippen LogP contribution < -0.4 is 10.6 Å². The molecule has 0 unspecified atom stereocenters. The van der Waals surface area contributed by atoms with Gasteiger partial charge in [0.25, 0.3) is 0 Å². The summed E-state index contributed by atoms with van der Waals surface area (Å²) in [5.74, 6) is -0.0530. The van der Waals surface area contributed by atoms with Crippen LogP contribution in [0, 0.1) is 0 Å². The maximum Gasteiger partial charge on any atom is 0.335 e. The molecule has 118 valence electrons. The molecule has 0 saturated heterocycles. The van der Waals surface area contributed by atoms with E-state index in [2.05, 4.69) is 20.8 Å². The molecular weight excluding hydrogens is 296 g/mol. The van der Waals surface area contributed by atoms with E-state index in [9.17, 15) is 9.59 Å². The Bertz CT molecular complexity index is 709. The van der Waals surface area contributed by atoms with Crippen molar-refractivity contribution in [1.82, 2.24) is 15.5 Å². The van der Waals surface area contributed by atoms with Gasteiger partial charge in [-0.1, -0.05) is 12.1 Å². The van der Waals surface area contributed by atoms with E-state index in [1.807, 2.05) is 6.07 Å². The predicted octanol–water partition coefficient (Wildman–Crippen LogP) is 2.37. The summed E-state index contributed by atoms with van der Waals surface area (Å²) in [6.07, 6.45) is 2.31. The van der Waals surface area contributed by atoms with E-state index >= 15 is 0 Å². The first kappa shape index (κ1) is 15.0. The van der Waals surface area contributed by atoms with Crippen LogP contribution in [0.5, 0.6) is 0 Å². The van der Waals surface area contributed by atoms with Crippen LogP contribution in [-0.2, 0) is 6.54 Å². The van der Waals surface area contributed by atoms with Crippen LogP contribution in [-0.4, -0.2) is 27.3 Å². The fourth-order valence-corrected chi connectivity index (χ4v) is 2.11. The zero-order valence-electron chi connectivity index (χ0n) is 12.3. The number of carboxylic acid groups (broad SMARTS) is 1. The molecular formula is C16H16N4O3. The van der Waals surface area contributed by atoms with Crippen molar-refractivity contribution in [3.8, 4) is 0 Å². The molecule has 23 heavy (non-hydrogen) atoms. The van der Waals surface area contributed by atoms with Gasteiger partial charge in [-0.15, -0.1) is 5.10 Å². The van der Waals surface area contributed by atoms with E-state index in [4.69, 9.17) is 5.11 Å². The van der Waals surface area contributed by atoms with Gasteiger partial charge in [-0.2, -0.15) is 5.10 Å². The van der Waals surface area contributed by atoms with E-state index in [0.717, 1.165) is 24.1 Å². The lowest BCUT2D eigenvalue weighted by Crippen LogP contribution is -2.28. The molecule has 1 saturated carbocycles. The van der Waals surface area contributed by atoms with E-state index in [0.29, 0.717) is 18.3 Å². The molecule has 2 amide bonds. The number of hydrogen-bond acceptors (Lipinski definition) is 4. The van der Waals surface area contributed by atoms with E-state index in [-0.39, 0.29) is 11.6 Å². The second-order valence-electron chi connectivity index (χ2n) is 5.43. The van der Waals surface area contributed by atoms with Crippen LogP contribution in [0.2, 0.25) is 0 Å². The van der Waals surface area contributed by atoms with E-state index < -0.39 is 5.97 Å². The molecule has 3 rings (SSSR count). The molecule has 0 aliphatic heterocycles. The number of nitrogens with zero attached hydrogens (tertiary/aromatic N) is 2. The highest BCUT2D eigenvalue weighted by molar-refractivity contribution is 5.88. The van der Waals surface area contributed by atoms with Gasteiger partial charge in [0, 0.05) is 12.5 Å². The number of carbonyl (C=O) groups excluding carboxylic acids is 1. The number of amides is 2. The number of carbonyl (C=O) groups is 2. The zero-order chi connectivity index (χ0) is 16.2. The summed E-state index contributed by atoms with van der Waals surface area (Å²) in [6, 6.07) is 9.55. The quantitative estimate of drug-likeness (QED) is 0.786. The third-order valence-corrected chi connectivity index (χ3v) is 3.58.